The van der Waals surface area contributed by atoms with Gasteiger partial charge in [0.15, 0.2) is 0 Å². The Morgan fingerprint density at radius 2 is 1.23 bits per heavy atom. The molecule has 1 aromatic rings. The second kappa shape index (κ2) is 19.2. The normalized spacial score (nSPS) is 14.9. The van der Waals surface area contributed by atoms with E-state index in [0.29, 0.717) is 12.8 Å². The highest BCUT2D eigenvalue weighted by atomic mass is 16.5. The summed E-state index contributed by atoms with van der Waals surface area (Å²) in [6.07, 6.45) is 0.348. The molecule has 246 valence electrons. The molecule has 0 aliphatic rings. The van der Waals surface area contributed by atoms with Gasteiger partial charge in [0.1, 0.15) is 24.7 Å². The lowest BCUT2D eigenvalue weighted by atomic mass is 9.95. The Morgan fingerprint density at radius 3 is 1.75 bits per heavy atom. The van der Waals surface area contributed by atoms with Crippen LogP contribution in [0, 0.1) is 17.8 Å². The largest absolute Gasteiger partial charge is 0.467 e. The third kappa shape index (κ3) is 12.2. The minimum absolute atomic E-state index is 0.0250. The summed E-state index contributed by atoms with van der Waals surface area (Å²) in [4.78, 5) is 77.6. The summed E-state index contributed by atoms with van der Waals surface area (Å²) in [7, 11) is 2.26. The molecule has 44 heavy (non-hydrogen) atoms. The molecule has 13 nitrogen and oxygen atoms in total. The number of rotatable bonds is 17. The molecule has 1 unspecified atom stereocenters. The minimum atomic E-state index is -1.84. The first-order valence-electron chi connectivity index (χ1n) is 14.8. The van der Waals surface area contributed by atoms with Gasteiger partial charge in [-0.15, -0.1) is 0 Å². The van der Waals surface area contributed by atoms with Crippen molar-refractivity contribution in [2.75, 3.05) is 14.2 Å². The van der Waals surface area contributed by atoms with Crippen LogP contribution in [0.4, 0.5) is 4.79 Å². The zero-order valence-electron chi connectivity index (χ0n) is 26.9. The molecule has 0 aromatic heterocycles. The average Bonchev–Trinajstić information content (AvgIpc) is 3.01. The molecule has 0 aliphatic heterocycles. The minimum Gasteiger partial charge on any atom is -0.467 e. The first kappa shape index (κ1) is 37.9. The fraction of sp³-hybridized carbons (Fsp3) is 0.613. The van der Waals surface area contributed by atoms with Crippen LogP contribution in [0.25, 0.3) is 0 Å². The first-order chi connectivity index (χ1) is 20.8. The topological polar surface area (TPSA) is 178 Å². The van der Waals surface area contributed by atoms with Crippen LogP contribution in [-0.4, -0.2) is 74.1 Å². The summed E-state index contributed by atoms with van der Waals surface area (Å²) >= 11 is 0. The molecule has 0 bridgehead atoms. The molecule has 4 N–H and O–H groups in total. The Hall–Kier alpha value is -4.16. The summed E-state index contributed by atoms with van der Waals surface area (Å²) in [5.41, 5.74) is 0.747. The van der Waals surface area contributed by atoms with Gasteiger partial charge in [0.05, 0.1) is 14.2 Å². The van der Waals surface area contributed by atoms with Crippen LogP contribution in [0.15, 0.2) is 30.3 Å². The highest BCUT2D eigenvalue weighted by molar-refractivity contribution is 6.06. The van der Waals surface area contributed by atoms with Gasteiger partial charge in [-0.05, 0) is 29.7 Å². The number of methoxy groups -OCH3 is 2. The molecule has 4 amide bonds. The van der Waals surface area contributed by atoms with E-state index in [-0.39, 0.29) is 24.9 Å². The van der Waals surface area contributed by atoms with E-state index in [4.69, 9.17) is 14.2 Å². The molecule has 0 saturated heterocycles. The number of carbonyl (C=O) groups is 6. The van der Waals surface area contributed by atoms with Crippen molar-refractivity contribution in [1.82, 2.24) is 21.3 Å². The number of amides is 4. The van der Waals surface area contributed by atoms with Gasteiger partial charge in [-0.25, -0.2) is 14.4 Å². The maximum atomic E-state index is 13.4. The second-order valence-corrected chi connectivity index (χ2v) is 11.1. The van der Waals surface area contributed by atoms with Crippen molar-refractivity contribution in [2.24, 2.45) is 17.8 Å². The predicted octanol–water partition coefficient (Wildman–Crippen LogP) is 2.22. The zero-order valence-corrected chi connectivity index (χ0v) is 26.9. The zero-order chi connectivity index (χ0) is 33.4. The lowest BCUT2D eigenvalue weighted by Gasteiger charge is -2.29. The van der Waals surface area contributed by atoms with Crippen LogP contribution in [0.2, 0.25) is 0 Å². The summed E-state index contributed by atoms with van der Waals surface area (Å²) < 4.78 is 14.8. The molecule has 1 aromatic carbocycles. The molecular formula is C31H48N4O9. The van der Waals surface area contributed by atoms with Gasteiger partial charge in [0.25, 0.3) is 5.91 Å². The van der Waals surface area contributed by atoms with E-state index in [0.717, 1.165) is 12.7 Å². The molecule has 0 heterocycles. The van der Waals surface area contributed by atoms with Crippen molar-refractivity contribution >= 4 is 35.8 Å². The third-order valence-electron chi connectivity index (χ3n) is 7.27. The molecule has 6 atom stereocenters. The summed E-state index contributed by atoms with van der Waals surface area (Å²) in [6, 6.07) is 3.86. The number of hydrogen-bond acceptors (Lipinski definition) is 9. The number of carbonyl (C=O) groups excluding carboxylic acids is 6. The van der Waals surface area contributed by atoms with Crippen molar-refractivity contribution in [3.8, 4) is 0 Å². The number of nitrogens with one attached hydrogen (secondary N) is 4. The smallest absolute Gasteiger partial charge is 0.408 e. The SMILES string of the molecule is CC[C@@H](C)[C@H](NC(=O)C(NC(=O)[C@H](CC(C)C)NC(=O)OCc1ccccc1)C(=O)OC)C(=O)N[C@H](C(=O)OC)[C@H](C)CC. The Bertz CT molecular complexity index is 1110. The van der Waals surface area contributed by atoms with Gasteiger partial charge in [-0.2, -0.15) is 0 Å². The van der Waals surface area contributed by atoms with Crippen molar-refractivity contribution in [3.05, 3.63) is 35.9 Å². The van der Waals surface area contributed by atoms with Crippen LogP contribution >= 0.6 is 0 Å². The molecule has 1 rings (SSSR count). The maximum Gasteiger partial charge on any atom is 0.408 e. The van der Waals surface area contributed by atoms with Gasteiger partial charge in [0, 0.05) is 0 Å². The Kier molecular flexibility index (Phi) is 16.5. The van der Waals surface area contributed by atoms with Crippen molar-refractivity contribution in [3.63, 3.8) is 0 Å². The van der Waals surface area contributed by atoms with Gasteiger partial charge in [-0.1, -0.05) is 84.7 Å². The third-order valence-corrected chi connectivity index (χ3v) is 7.27. The van der Waals surface area contributed by atoms with Crippen LogP contribution < -0.4 is 21.3 Å². The monoisotopic (exact) mass is 620 g/mol. The average molecular weight is 621 g/mol. The standard InChI is InChI=1S/C31H48N4O9/c1-9-19(5)23(27(37)34-24(20(6)10-2)29(39)42-7)33-28(38)25(30(40)43-8)35-26(36)22(16-18(3)4)32-31(41)44-17-21-14-12-11-13-15-21/h11-15,18-20,22-25H,9-10,16-17H2,1-8H3,(H,32,41)(H,33,38)(H,34,37)(H,35,36)/t19-,20-,22+,23+,24+,25?/m1/s1. The van der Waals surface area contributed by atoms with E-state index in [1.54, 1.807) is 38.1 Å². The number of ether oxygens (including phenoxy) is 3. The second-order valence-electron chi connectivity index (χ2n) is 11.1. The van der Waals surface area contributed by atoms with E-state index in [9.17, 15) is 28.8 Å². The summed E-state index contributed by atoms with van der Waals surface area (Å²) in [6.45, 7) is 10.8. The van der Waals surface area contributed by atoms with E-state index in [1.165, 1.54) is 7.11 Å². The summed E-state index contributed by atoms with van der Waals surface area (Å²) in [5.74, 6) is -4.93. The molecule has 0 fully saturated rings. The van der Waals surface area contributed by atoms with Gasteiger partial charge in [0.2, 0.25) is 17.9 Å². The lowest BCUT2D eigenvalue weighted by Crippen LogP contribution is -2.61. The van der Waals surface area contributed by atoms with E-state index in [2.05, 4.69) is 21.3 Å². The van der Waals surface area contributed by atoms with Crippen LogP contribution in [0.1, 0.15) is 66.4 Å². The van der Waals surface area contributed by atoms with Crippen molar-refractivity contribution in [1.29, 1.82) is 0 Å². The van der Waals surface area contributed by atoms with Crippen molar-refractivity contribution in [2.45, 2.75) is 91.6 Å². The summed E-state index contributed by atoms with van der Waals surface area (Å²) in [5, 5.41) is 10.0. The number of benzene rings is 1. The van der Waals surface area contributed by atoms with Gasteiger partial charge >= 0.3 is 18.0 Å². The Labute approximate surface area is 259 Å². The van der Waals surface area contributed by atoms with Crippen LogP contribution in [0.5, 0.6) is 0 Å². The Morgan fingerprint density at radius 1 is 0.682 bits per heavy atom. The highest BCUT2D eigenvalue weighted by Crippen LogP contribution is 2.14. The quantitative estimate of drug-likeness (QED) is 0.115. The van der Waals surface area contributed by atoms with Gasteiger partial charge in [-0.3, -0.25) is 14.4 Å². The number of esters is 2. The number of alkyl carbamates (subject to hydrolysis) is 1. The molecular weight excluding hydrogens is 572 g/mol. The molecule has 0 spiro atoms. The van der Waals surface area contributed by atoms with E-state index < -0.39 is 65.8 Å². The fourth-order valence-electron chi connectivity index (χ4n) is 4.18. The molecule has 0 saturated carbocycles. The molecule has 0 aliphatic carbocycles. The lowest BCUT2D eigenvalue weighted by molar-refractivity contribution is -0.150. The van der Waals surface area contributed by atoms with E-state index >= 15 is 0 Å². The number of hydrogen-bond donors (Lipinski definition) is 4. The highest BCUT2D eigenvalue weighted by Gasteiger charge is 2.37. The fourth-order valence-corrected chi connectivity index (χ4v) is 4.18. The van der Waals surface area contributed by atoms with Crippen LogP contribution in [-0.2, 0) is 44.8 Å². The predicted molar refractivity (Wildman–Crippen MR) is 162 cm³/mol. The van der Waals surface area contributed by atoms with Crippen LogP contribution in [0.3, 0.4) is 0 Å². The maximum absolute atomic E-state index is 13.4. The van der Waals surface area contributed by atoms with E-state index in [1.807, 2.05) is 33.8 Å². The molecule has 13 heteroatoms. The first-order valence-corrected chi connectivity index (χ1v) is 14.8. The van der Waals surface area contributed by atoms with Crippen molar-refractivity contribution < 1.29 is 43.0 Å². The Balaban J connectivity index is 3.12. The van der Waals surface area contributed by atoms with Gasteiger partial charge < -0.3 is 35.5 Å². The molecule has 0 radical (unpaired) electrons.